The van der Waals surface area contributed by atoms with E-state index in [1.54, 1.807) is 26.8 Å². The first-order chi connectivity index (χ1) is 30.1. The van der Waals surface area contributed by atoms with Gasteiger partial charge in [0.2, 0.25) is 0 Å². The highest BCUT2D eigenvalue weighted by Crippen LogP contribution is 2.38. The van der Waals surface area contributed by atoms with E-state index in [9.17, 15) is 34.8 Å². The molecule has 18 heteroatoms. The first-order valence-corrected chi connectivity index (χ1v) is 23.9. The zero-order valence-electron chi connectivity index (χ0n) is 35.7. The molecular formula is C46H50F6N8O2S2. The maximum absolute atomic E-state index is 13.2. The number of sulfone groups is 1. The van der Waals surface area contributed by atoms with E-state index in [0.29, 0.717) is 58.7 Å². The van der Waals surface area contributed by atoms with Gasteiger partial charge in [0, 0.05) is 22.1 Å². The van der Waals surface area contributed by atoms with Crippen molar-refractivity contribution in [2.45, 2.75) is 89.7 Å². The Balaban J connectivity index is 0.000000192. The van der Waals surface area contributed by atoms with E-state index in [-0.39, 0.29) is 28.8 Å². The molecule has 4 heterocycles. The Kier molecular flexibility index (Phi) is 13.6. The lowest BCUT2D eigenvalue weighted by atomic mass is 9.92. The van der Waals surface area contributed by atoms with Crippen molar-refractivity contribution < 1.29 is 34.8 Å². The monoisotopic (exact) mass is 924 g/mol. The normalized spacial score (nSPS) is 17.1. The first kappa shape index (κ1) is 46.6. The van der Waals surface area contributed by atoms with E-state index in [2.05, 4.69) is 42.7 Å². The number of nitrogens with two attached hydrogens (primary N) is 2. The Morgan fingerprint density at radius 3 is 1.42 bits per heavy atom. The second-order valence-corrected chi connectivity index (χ2v) is 20.1. The van der Waals surface area contributed by atoms with E-state index in [4.69, 9.17) is 11.5 Å². The zero-order valence-corrected chi connectivity index (χ0v) is 37.4. The van der Waals surface area contributed by atoms with Gasteiger partial charge in [0.25, 0.3) is 0 Å². The lowest BCUT2D eigenvalue weighted by Crippen LogP contribution is -2.22. The summed E-state index contributed by atoms with van der Waals surface area (Å²) in [5, 5.41) is 8.14. The molecular weight excluding hydrogens is 875 g/mol. The van der Waals surface area contributed by atoms with Crippen LogP contribution in [0.5, 0.6) is 0 Å². The number of hydrogen-bond acceptors (Lipinski definition) is 11. The third-order valence-electron chi connectivity index (χ3n) is 11.7. The Hall–Kier alpha value is -5.36. The summed E-state index contributed by atoms with van der Waals surface area (Å²) in [7, 11) is -2.97. The van der Waals surface area contributed by atoms with E-state index in [1.165, 1.54) is 11.6 Å². The number of thioether (sulfide) groups is 1. The van der Waals surface area contributed by atoms with Crippen molar-refractivity contribution in [3.8, 4) is 0 Å². The number of alkyl halides is 6. The van der Waals surface area contributed by atoms with Crippen LogP contribution in [0.1, 0.15) is 108 Å². The largest absolute Gasteiger partial charge is 0.416 e. The molecule has 2 saturated heterocycles. The van der Waals surface area contributed by atoms with E-state index >= 15 is 0 Å². The van der Waals surface area contributed by atoms with Gasteiger partial charge in [0.1, 0.15) is 33.1 Å². The molecule has 0 radical (unpaired) electrons. The lowest BCUT2D eigenvalue weighted by Gasteiger charge is -2.23. The summed E-state index contributed by atoms with van der Waals surface area (Å²) in [6, 6.07) is 18.3. The molecule has 6 aromatic rings. The van der Waals surface area contributed by atoms with Crippen LogP contribution in [0.4, 0.5) is 49.4 Å². The van der Waals surface area contributed by atoms with Gasteiger partial charge in [-0.15, -0.1) is 0 Å². The molecule has 2 aromatic heterocycles. The van der Waals surface area contributed by atoms with Crippen LogP contribution in [0.3, 0.4) is 0 Å². The molecule has 2 fully saturated rings. The third kappa shape index (κ3) is 11.3. The first-order valence-electron chi connectivity index (χ1n) is 20.9. The summed E-state index contributed by atoms with van der Waals surface area (Å²) >= 11 is 1.98. The molecule has 0 bridgehead atoms. The average Bonchev–Trinajstić information content (AvgIpc) is 3.23. The van der Waals surface area contributed by atoms with E-state index < -0.39 is 45.4 Å². The van der Waals surface area contributed by atoms with Crippen LogP contribution >= 0.6 is 11.8 Å². The maximum Gasteiger partial charge on any atom is 0.416 e. The maximum atomic E-state index is 13.2. The Morgan fingerprint density at radius 1 is 0.609 bits per heavy atom. The summed E-state index contributed by atoms with van der Waals surface area (Å²) in [5.41, 5.74) is 14.7. The number of anilines is 4. The van der Waals surface area contributed by atoms with Crippen molar-refractivity contribution in [1.29, 1.82) is 0 Å². The zero-order chi connectivity index (χ0) is 46.1. The number of fused-ring (bicyclic) bond motifs is 2. The number of benzene rings is 4. The standard InChI is InChI=1S/C23H25F3N4O2S.C23H25F3N4S/c1-13(17-9-18(23(24,25)26)12-19(27)10-17)28-22-20-11-16(3-4-21(20)29-14(2)30-22)15-5-7-33(31,32)8-6-15;1-13(17-9-18(23(24,25)26)12-19(27)10-17)28-22-20-11-16(15-5-7-31-8-6-15)3-4-21(20)29-14(2)30-22/h3-4,9-13,15H,5-8,27H2,1-2H3,(H,28,29,30);3-4,9-13,15H,5-8,27H2,1-2H3,(H,28,29,30)/t2*13-/m11/s1. The highest BCUT2D eigenvalue weighted by atomic mass is 32.2. The van der Waals surface area contributed by atoms with E-state index in [0.717, 1.165) is 70.5 Å². The summed E-state index contributed by atoms with van der Waals surface area (Å²) in [6.45, 7) is 7.11. The highest BCUT2D eigenvalue weighted by molar-refractivity contribution is 7.99. The summed E-state index contributed by atoms with van der Waals surface area (Å²) in [5.74, 6) is 5.54. The van der Waals surface area contributed by atoms with Crippen molar-refractivity contribution in [1.82, 2.24) is 19.9 Å². The molecule has 8 rings (SSSR count). The molecule has 0 saturated carbocycles. The predicted molar refractivity (Wildman–Crippen MR) is 244 cm³/mol. The highest BCUT2D eigenvalue weighted by Gasteiger charge is 2.33. The van der Waals surface area contributed by atoms with Crippen LogP contribution < -0.4 is 22.1 Å². The molecule has 0 unspecified atom stereocenters. The van der Waals surface area contributed by atoms with Crippen molar-refractivity contribution in [3.05, 3.63) is 118 Å². The second kappa shape index (κ2) is 18.6. The minimum absolute atomic E-state index is 0.0340. The number of hydrogen-bond donors (Lipinski definition) is 4. The van der Waals surface area contributed by atoms with Crippen molar-refractivity contribution in [2.75, 3.05) is 45.1 Å². The molecule has 340 valence electrons. The number of rotatable bonds is 8. The number of halogens is 6. The van der Waals surface area contributed by atoms with Gasteiger partial charge in [-0.25, -0.2) is 28.4 Å². The van der Waals surface area contributed by atoms with E-state index in [1.807, 2.05) is 43.0 Å². The van der Waals surface area contributed by atoms with Gasteiger partial charge >= 0.3 is 12.4 Å². The Morgan fingerprint density at radius 2 is 1.02 bits per heavy atom. The van der Waals surface area contributed by atoms with Crippen molar-refractivity contribution in [2.24, 2.45) is 0 Å². The SMILES string of the molecule is Cc1nc(N[C@H](C)c2cc(N)cc(C(F)(F)F)c2)c2cc(C3CCS(=O)(=O)CC3)ccc2n1.Cc1nc(N[C@H](C)c2cc(N)cc(C(F)(F)F)c2)c2cc(C3CCSCC3)ccc2n1. The van der Waals surface area contributed by atoms with Crippen LogP contribution in [0.15, 0.2) is 72.8 Å². The van der Waals surface area contributed by atoms with Gasteiger partial charge in [0.15, 0.2) is 0 Å². The number of nitrogen functional groups attached to an aromatic ring is 2. The fourth-order valence-corrected chi connectivity index (χ4v) is 10.9. The van der Waals surface area contributed by atoms with Crippen LogP contribution in [-0.2, 0) is 22.2 Å². The smallest absolute Gasteiger partial charge is 0.399 e. The molecule has 2 aliphatic heterocycles. The summed E-state index contributed by atoms with van der Waals surface area (Å²) in [6.07, 6.45) is -5.54. The average molecular weight is 925 g/mol. The van der Waals surface area contributed by atoms with Gasteiger partial charge in [-0.05, 0) is 160 Å². The molecule has 0 amide bonds. The van der Waals surface area contributed by atoms with Crippen LogP contribution in [0.2, 0.25) is 0 Å². The molecule has 2 aliphatic rings. The molecule has 2 atom stereocenters. The van der Waals surface area contributed by atoms with Crippen molar-refractivity contribution >= 4 is 66.4 Å². The molecule has 4 aromatic carbocycles. The van der Waals surface area contributed by atoms with Gasteiger partial charge in [0.05, 0.1) is 45.7 Å². The quantitative estimate of drug-likeness (QED) is 0.0849. The topological polar surface area (TPSA) is 162 Å². The van der Waals surface area contributed by atoms with Gasteiger partial charge in [-0.3, -0.25) is 0 Å². The summed E-state index contributed by atoms with van der Waals surface area (Å²) < 4.78 is 103. The fourth-order valence-electron chi connectivity index (χ4n) is 8.26. The molecule has 6 N–H and O–H groups in total. The third-order valence-corrected chi connectivity index (χ3v) is 14.5. The van der Waals surface area contributed by atoms with Crippen LogP contribution in [0.25, 0.3) is 21.8 Å². The number of aryl methyl sites for hydroxylation is 2. The molecule has 64 heavy (non-hydrogen) atoms. The Labute approximate surface area is 372 Å². The molecule has 0 spiro atoms. The van der Waals surface area contributed by atoms with Crippen LogP contribution in [0, 0.1) is 13.8 Å². The second-order valence-electron chi connectivity index (χ2n) is 16.6. The lowest BCUT2D eigenvalue weighted by molar-refractivity contribution is -0.138. The number of nitrogens with one attached hydrogen (secondary N) is 2. The summed E-state index contributed by atoms with van der Waals surface area (Å²) in [4.78, 5) is 18.1. The number of aromatic nitrogens is 4. The molecule has 10 nitrogen and oxygen atoms in total. The number of nitrogens with zero attached hydrogens (tertiary/aromatic N) is 4. The Bertz CT molecular complexity index is 2770. The van der Waals surface area contributed by atoms with Crippen molar-refractivity contribution in [3.63, 3.8) is 0 Å². The minimum atomic E-state index is -4.50. The molecule has 0 aliphatic carbocycles. The van der Waals surface area contributed by atoms with Gasteiger partial charge in [-0.2, -0.15) is 38.1 Å². The minimum Gasteiger partial charge on any atom is -0.399 e. The fraction of sp³-hybridized carbons (Fsp3) is 0.391. The van der Waals surface area contributed by atoms with Gasteiger partial charge in [-0.1, -0.05) is 12.1 Å². The van der Waals surface area contributed by atoms with Crippen LogP contribution in [-0.4, -0.2) is 51.4 Å². The predicted octanol–water partition coefficient (Wildman–Crippen LogP) is 11.3. The van der Waals surface area contributed by atoms with Gasteiger partial charge < -0.3 is 22.1 Å².